The summed E-state index contributed by atoms with van der Waals surface area (Å²) in [7, 11) is 0. The summed E-state index contributed by atoms with van der Waals surface area (Å²) in [6, 6.07) is 1.90. The van der Waals surface area contributed by atoms with Crippen LogP contribution in [0, 0.1) is 6.92 Å². The molecule has 5 heteroatoms. The number of hydrazine groups is 1. The first-order valence-corrected chi connectivity index (χ1v) is 5.70. The lowest BCUT2D eigenvalue weighted by atomic mass is 10.2. The average molecular weight is 230 g/mol. The van der Waals surface area contributed by atoms with Crippen molar-refractivity contribution in [2.24, 2.45) is 5.84 Å². The molecule has 0 saturated carbocycles. The van der Waals surface area contributed by atoms with Crippen LogP contribution in [0.4, 0.5) is 5.82 Å². The summed E-state index contributed by atoms with van der Waals surface area (Å²) in [6.07, 6.45) is 4.74. The van der Waals surface area contributed by atoms with E-state index in [4.69, 9.17) is 10.3 Å². The summed E-state index contributed by atoms with van der Waals surface area (Å²) >= 11 is 0. The number of hydrogen-bond donors (Lipinski definition) is 2. The molecule has 0 atom stereocenters. The van der Waals surface area contributed by atoms with Crippen molar-refractivity contribution < 1.29 is 4.42 Å². The van der Waals surface area contributed by atoms with Gasteiger partial charge in [0.25, 0.3) is 0 Å². The molecule has 3 N–H and O–H groups in total. The molecule has 0 unspecified atom stereocenters. The first-order chi connectivity index (χ1) is 8.29. The van der Waals surface area contributed by atoms with E-state index >= 15 is 0 Å². The minimum Gasteiger partial charge on any atom is -0.461 e. The van der Waals surface area contributed by atoms with E-state index in [2.05, 4.69) is 15.4 Å². The molecule has 17 heavy (non-hydrogen) atoms. The van der Waals surface area contributed by atoms with E-state index in [9.17, 15) is 0 Å². The zero-order valence-electron chi connectivity index (χ0n) is 9.66. The number of nitrogens with one attached hydrogen (secondary N) is 1. The van der Waals surface area contributed by atoms with E-state index in [1.165, 1.54) is 0 Å². The first kappa shape index (κ1) is 10.3. The molecule has 5 nitrogen and oxygen atoms in total. The highest BCUT2D eigenvalue weighted by Crippen LogP contribution is 2.29. The second-order valence-corrected chi connectivity index (χ2v) is 4.25. The number of aromatic nitrogens is 2. The maximum Gasteiger partial charge on any atom is 0.198 e. The maximum atomic E-state index is 5.51. The quantitative estimate of drug-likeness (QED) is 0.608. The van der Waals surface area contributed by atoms with Crippen LogP contribution in [0.5, 0.6) is 0 Å². The second kappa shape index (κ2) is 3.85. The second-order valence-electron chi connectivity index (χ2n) is 4.25. The summed E-state index contributed by atoms with van der Waals surface area (Å²) in [5, 5.41) is 0. The van der Waals surface area contributed by atoms with Gasteiger partial charge in [0.15, 0.2) is 11.6 Å². The number of anilines is 1. The molecular formula is C12H14N4O. The van der Waals surface area contributed by atoms with Gasteiger partial charge in [0.05, 0.1) is 6.26 Å². The predicted molar refractivity (Wildman–Crippen MR) is 64.3 cm³/mol. The molecule has 0 aromatic carbocycles. The van der Waals surface area contributed by atoms with Crippen LogP contribution in [0.3, 0.4) is 0 Å². The first-order valence-electron chi connectivity index (χ1n) is 5.70. The SMILES string of the molecule is Cc1ccoc1-c1nc2c(c(NN)n1)CCC2. The number of hydrogen-bond acceptors (Lipinski definition) is 5. The van der Waals surface area contributed by atoms with Crippen LogP contribution in [-0.2, 0) is 12.8 Å². The van der Waals surface area contributed by atoms with Gasteiger partial charge in [-0.2, -0.15) is 0 Å². The van der Waals surface area contributed by atoms with Crippen LogP contribution in [0.15, 0.2) is 16.7 Å². The van der Waals surface area contributed by atoms with Crippen LogP contribution in [0.1, 0.15) is 23.2 Å². The largest absolute Gasteiger partial charge is 0.461 e. The molecular weight excluding hydrogens is 216 g/mol. The van der Waals surface area contributed by atoms with E-state index < -0.39 is 0 Å². The van der Waals surface area contributed by atoms with Gasteiger partial charge in [-0.15, -0.1) is 0 Å². The Morgan fingerprint density at radius 1 is 1.35 bits per heavy atom. The standard InChI is InChI=1S/C12H14N4O/c1-7-5-6-17-10(7)12-14-9-4-2-3-8(9)11(15-12)16-13/h5-6H,2-4,13H2,1H3,(H,14,15,16). The molecule has 88 valence electrons. The van der Waals surface area contributed by atoms with Crippen LogP contribution in [-0.4, -0.2) is 9.97 Å². The third kappa shape index (κ3) is 1.59. The van der Waals surface area contributed by atoms with Crippen LogP contribution >= 0.6 is 0 Å². The summed E-state index contributed by atoms with van der Waals surface area (Å²) in [4.78, 5) is 8.99. The zero-order valence-corrected chi connectivity index (χ0v) is 9.66. The number of nitrogen functional groups attached to an aromatic ring is 1. The van der Waals surface area contributed by atoms with Crippen molar-refractivity contribution in [3.05, 3.63) is 29.2 Å². The molecule has 0 aliphatic heterocycles. The van der Waals surface area contributed by atoms with Crippen molar-refractivity contribution in [2.45, 2.75) is 26.2 Å². The number of furan rings is 1. The minimum atomic E-state index is 0.612. The maximum absolute atomic E-state index is 5.51. The highest BCUT2D eigenvalue weighted by atomic mass is 16.3. The number of nitrogens with zero attached hydrogens (tertiary/aromatic N) is 2. The number of nitrogens with two attached hydrogens (primary N) is 1. The van der Waals surface area contributed by atoms with Crippen LogP contribution in [0.2, 0.25) is 0 Å². The van der Waals surface area contributed by atoms with E-state index in [0.717, 1.165) is 47.7 Å². The summed E-state index contributed by atoms with van der Waals surface area (Å²) < 4.78 is 5.42. The monoisotopic (exact) mass is 230 g/mol. The Hall–Kier alpha value is -1.88. The molecule has 0 bridgehead atoms. The fraction of sp³-hybridized carbons (Fsp3) is 0.333. The van der Waals surface area contributed by atoms with Crippen molar-refractivity contribution in [3.63, 3.8) is 0 Å². The summed E-state index contributed by atoms with van der Waals surface area (Å²) in [6.45, 7) is 1.98. The van der Waals surface area contributed by atoms with Crippen molar-refractivity contribution in [1.82, 2.24) is 9.97 Å². The van der Waals surface area contributed by atoms with Crippen molar-refractivity contribution in [1.29, 1.82) is 0 Å². The molecule has 2 heterocycles. The molecule has 3 rings (SSSR count). The number of fused-ring (bicyclic) bond motifs is 1. The molecule has 0 spiro atoms. The van der Waals surface area contributed by atoms with Gasteiger partial charge < -0.3 is 9.84 Å². The van der Waals surface area contributed by atoms with Gasteiger partial charge in [-0.1, -0.05) is 0 Å². The molecule has 0 saturated heterocycles. The van der Waals surface area contributed by atoms with Gasteiger partial charge in [0.1, 0.15) is 5.82 Å². The van der Waals surface area contributed by atoms with Gasteiger partial charge >= 0.3 is 0 Å². The lowest BCUT2D eigenvalue weighted by Crippen LogP contribution is -2.12. The van der Waals surface area contributed by atoms with E-state index in [0.29, 0.717) is 5.82 Å². The van der Waals surface area contributed by atoms with Gasteiger partial charge in [0.2, 0.25) is 0 Å². The minimum absolute atomic E-state index is 0.612. The highest BCUT2D eigenvalue weighted by molar-refractivity contribution is 5.58. The third-order valence-electron chi connectivity index (χ3n) is 3.14. The van der Waals surface area contributed by atoms with Gasteiger partial charge in [-0.3, -0.25) is 0 Å². The molecule has 0 fully saturated rings. The van der Waals surface area contributed by atoms with Gasteiger partial charge in [-0.05, 0) is 37.8 Å². The lowest BCUT2D eigenvalue weighted by molar-refractivity contribution is 0.575. The normalized spacial score (nSPS) is 13.8. The topological polar surface area (TPSA) is 77.0 Å². The Bertz CT molecular complexity index is 562. The average Bonchev–Trinajstić information content (AvgIpc) is 2.95. The smallest absolute Gasteiger partial charge is 0.198 e. The van der Waals surface area contributed by atoms with E-state index in [1.54, 1.807) is 6.26 Å². The van der Waals surface area contributed by atoms with Gasteiger partial charge in [0, 0.05) is 11.3 Å². The predicted octanol–water partition coefficient (Wildman–Crippen LogP) is 1.82. The Balaban J connectivity index is 2.16. The summed E-state index contributed by atoms with van der Waals surface area (Å²) in [5.74, 6) is 7.56. The van der Waals surface area contributed by atoms with Crippen molar-refractivity contribution in [2.75, 3.05) is 5.43 Å². The lowest BCUT2D eigenvalue weighted by Gasteiger charge is -2.08. The van der Waals surface area contributed by atoms with Crippen LogP contribution in [0.25, 0.3) is 11.6 Å². The van der Waals surface area contributed by atoms with Crippen LogP contribution < -0.4 is 11.3 Å². The van der Waals surface area contributed by atoms with E-state index in [1.807, 2.05) is 13.0 Å². The fourth-order valence-corrected chi connectivity index (χ4v) is 2.26. The number of rotatable bonds is 2. The van der Waals surface area contributed by atoms with Crippen molar-refractivity contribution in [3.8, 4) is 11.6 Å². The third-order valence-corrected chi connectivity index (χ3v) is 3.14. The summed E-state index contributed by atoms with van der Waals surface area (Å²) in [5.41, 5.74) is 5.91. The Morgan fingerprint density at radius 2 is 2.24 bits per heavy atom. The molecule has 0 radical (unpaired) electrons. The molecule has 1 aliphatic carbocycles. The fourth-order valence-electron chi connectivity index (χ4n) is 2.26. The molecule has 1 aliphatic rings. The Kier molecular flexibility index (Phi) is 2.33. The zero-order chi connectivity index (χ0) is 11.8. The van der Waals surface area contributed by atoms with E-state index in [-0.39, 0.29) is 0 Å². The number of aryl methyl sites for hydroxylation is 2. The Morgan fingerprint density at radius 3 is 2.94 bits per heavy atom. The molecule has 2 aromatic heterocycles. The van der Waals surface area contributed by atoms with Crippen molar-refractivity contribution >= 4 is 5.82 Å². The molecule has 2 aromatic rings. The Labute approximate surface area is 99.0 Å². The van der Waals surface area contributed by atoms with Gasteiger partial charge in [-0.25, -0.2) is 15.8 Å². The molecule has 0 amide bonds. The highest BCUT2D eigenvalue weighted by Gasteiger charge is 2.20.